The smallest absolute Gasteiger partial charge is 0.332 e. The summed E-state index contributed by atoms with van der Waals surface area (Å²) in [5.41, 5.74) is -0.394. The number of hydrogen-bond acceptors (Lipinski definition) is 9. The first kappa shape index (κ1) is 28.6. The van der Waals surface area contributed by atoms with Gasteiger partial charge in [0.2, 0.25) is 5.91 Å². The van der Waals surface area contributed by atoms with Crippen LogP contribution in [0, 0.1) is 12.7 Å². The summed E-state index contributed by atoms with van der Waals surface area (Å²) in [5, 5.41) is 18.7. The molecule has 0 bridgehead atoms. The van der Waals surface area contributed by atoms with Crippen LogP contribution in [0.2, 0.25) is 0 Å². The summed E-state index contributed by atoms with van der Waals surface area (Å²) in [4.78, 5) is 44.9. The number of hydrogen-bond donors (Lipinski definition) is 1. The Balaban J connectivity index is 1.75. The van der Waals surface area contributed by atoms with Crippen molar-refractivity contribution in [1.29, 1.82) is 0 Å². The Bertz CT molecular complexity index is 1700. The Morgan fingerprint density at radius 3 is 2.56 bits per heavy atom. The van der Waals surface area contributed by atoms with Gasteiger partial charge in [-0.05, 0) is 45.4 Å². The van der Waals surface area contributed by atoms with E-state index in [1.807, 2.05) is 13.8 Å². The van der Waals surface area contributed by atoms with E-state index in [9.17, 15) is 23.9 Å². The largest absolute Gasteiger partial charge is 0.496 e. The van der Waals surface area contributed by atoms with Crippen molar-refractivity contribution in [1.82, 2.24) is 29.0 Å². The fraction of sp³-hybridized carbons (Fsp3) is 0.444. The predicted molar refractivity (Wildman–Crippen MR) is 149 cm³/mol. The number of aliphatic hydroxyl groups is 1. The van der Waals surface area contributed by atoms with Gasteiger partial charge < -0.3 is 19.5 Å². The number of carbonyl (C=O) groups excluding carboxylic acids is 1. The molecule has 4 heterocycles. The minimum absolute atomic E-state index is 0.0914. The summed E-state index contributed by atoms with van der Waals surface area (Å²) >= 11 is 1.15. The van der Waals surface area contributed by atoms with E-state index in [4.69, 9.17) is 9.47 Å². The zero-order valence-electron chi connectivity index (χ0n) is 23.1. The van der Waals surface area contributed by atoms with Crippen molar-refractivity contribution in [2.24, 2.45) is 0 Å². The minimum atomic E-state index is -0.973. The Kier molecular flexibility index (Phi) is 8.07. The van der Waals surface area contributed by atoms with Crippen LogP contribution in [0.1, 0.15) is 43.5 Å². The van der Waals surface area contributed by atoms with E-state index in [2.05, 4.69) is 10.2 Å². The first-order chi connectivity index (χ1) is 19.7. The van der Waals surface area contributed by atoms with E-state index in [-0.39, 0.29) is 37.1 Å². The highest BCUT2D eigenvalue weighted by atomic mass is 32.1. The summed E-state index contributed by atoms with van der Waals surface area (Å²) in [6.45, 7) is 5.35. The molecule has 3 aromatic heterocycles. The molecule has 5 rings (SSSR count). The standard InChI is InChI=1S/C27H31FN6O6S/c1-15(2)31-10-7-19(23(31)36)33-24(37)22-16(3)25(34-29-8-9-30-34)41-26(22)32(27(33)38)14-21(40-12-11-35)18-13-17(28)5-6-20(18)39-4/h5-6,8-9,13,15,19,21,35H,7,10-12,14H2,1-4H3/t19-,21+/m1/s1. The van der Waals surface area contributed by atoms with Crippen LogP contribution in [-0.4, -0.2) is 73.0 Å². The lowest BCUT2D eigenvalue weighted by atomic mass is 10.1. The molecule has 218 valence electrons. The van der Waals surface area contributed by atoms with Crippen LogP contribution in [0.15, 0.2) is 40.2 Å². The monoisotopic (exact) mass is 586 g/mol. The number of amides is 1. The second-order valence-electron chi connectivity index (χ2n) is 10.00. The molecule has 0 aliphatic carbocycles. The molecule has 0 radical (unpaired) electrons. The van der Waals surface area contributed by atoms with Gasteiger partial charge in [0.1, 0.15) is 33.5 Å². The lowest BCUT2D eigenvalue weighted by Crippen LogP contribution is -2.45. The van der Waals surface area contributed by atoms with Crippen LogP contribution in [0.25, 0.3) is 15.2 Å². The van der Waals surface area contributed by atoms with Gasteiger partial charge in [0.25, 0.3) is 5.56 Å². The van der Waals surface area contributed by atoms with Crippen molar-refractivity contribution in [3.8, 4) is 10.8 Å². The number of aryl methyl sites for hydroxylation is 1. The van der Waals surface area contributed by atoms with Crippen LogP contribution < -0.4 is 16.0 Å². The molecule has 1 amide bonds. The number of fused-ring (bicyclic) bond motifs is 1. The van der Waals surface area contributed by atoms with Gasteiger partial charge in [-0.3, -0.25) is 14.2 Å². The number of aromatic nitrogens is 5. The third kappa shape index (κ3) is 5.06. The molecule has 12 nitrogen and oxygen atoms in total. The molecule has 1 saturated heterocycles. The lowest BCUT2D eigenvalue weighted by molar-refractivity contribution is -0.131. The summed E-state index contributed by atoms with van der Waals surface area (Å²) in [7, 11) is 1.43. The highest BCUT2D eigenvalue weighted by molar-refractivity contribution is 7.21. The quantitative estimate of drug-likeness (QED) is 0.299. The maximum absolute atomic E-state index is 14.4. The Morgan fingerprint density at radius 1 is 1.20 bits per heavy atom. The van der Waals surface area contributed by atoms with Gasteiger partial charge in [-0.25, -0.2) is 13.8 Å². The molecule has 41 heavy (non-hydrogen) atoms. The fourth-order valence-electron chi connectivity index (χ4n) is 5.30. The van der Waals surface area contributed by atoms with Crippen molar-refractivity contribution in [3.63, 3.8) is 0 Å². The molecular formula is C27H31FN6O6S. The average molecular weight is 587 g/mol. The second-order valence-corrected chi connectivity index (χ2v) is 11.0. The van der Waals surface area contributed by atoms with Crippen LogP contribution in [0.3, 0.4) is 0 Å². The van der Waals surface area contributed by atoms with Gasteiger partial charge >= 0.3 is 5.69 Å². The minimum Gasteiger partial charge on any atom is -0.496 e. The Hall–Kier alpha value is -3.88. The number of ether oxygens (including phenoxy) is 2. The predicted octanol–water partition coefficient (Wildman–Crippen LogP) is 2.19. The van der Waals surface area contributed by atoms with Crippen molar-refractivity contribution in [2.45, 2.75) is 51.9 Å². The summed E-state index contributed by atoms with van der Waals surface area (Å²) < 4.78 is 28.1. The second kappa shape index (κ2) is 11.5. The van der Waals surface area contributed by atoms with Gasteiger partial charge in [-0.15, -0.1) is 4.80 Å². The summed E-state index contributed by atoms with van der Waals surface area (Å²) in [6, 6.07) is 2.88. The summed E-state index contributed by atoms with van der Waals surface area (Å²) in [6.07, 6.45) is 2.36. The van der Waals surface area contributed by atoms with Crippen LogP contribution in [-0.2, 0) is 16.1 Å². The maximum atomic E-state index is 14.4. The van der Waals surface area contributed by atoms with Crippen LogP contribution >= 0.6 is 11.3 Å². The molecule has 1 aliphatic rings. The molecule has 1 aromatic carbocycles. The molecule has 1 fully saturated rings. The maximum Gasteiger partial charge on any atom is 0.332 e. The zero-order valence-corrected chi connectivity index (χ0v) is 23.9. The molecule has 14 heteroatoms. The first-order valence-corrected chi connectivity index (χ1v) is 14.0. The lowest BCUT2D eigenvalue weighted by Gasteiger charge is -2.24. The molecule has 1 aliphatic heterocycles. The van der Waals surface area contributed by atoms with Gasteiger partial charge in [0, 0.05) is 23.7 Å². The first-order valence-electron chi connectivity index (χ1n) is 13.2. The van der Waals surface area contributed by atoms with Crippen molar-refractivity contribution < 1.29 is 23.8 Å². The third-order valence-electron chi connectivity index (χ3n) is 7.26. The number of likely N-dealkylation sites (tertiary alicyclic amines) is 1. The fourth-order valence-corrected chi connectivity index (χ4v) is 6.52. The van der Waals surface area contributed by atoms with Gasteiger partial charge in [0.05, 0.1) is 44.6 Å². The number of nitrogens with zero attached hydrogens (tertiary/aromatic N) is 6. The molecule has 0 unspecified atom stereocenters. The molecule has 4 aromatic rings. The molecule has 0 saturated carbocycles. The average Bonchev–Trinajstić information content (AvgIpc) is 3.68. The van der Waals surface area contributed by atoms with E-state index >= 15 is 0 Å². The number of aliphatic hydroxyl groups excluding tert-OH is 1. The number of thiophene rings is 1. The third-order valence-corrected chi connectivity index (χ3v) is 8.54. The number of halogens is 1. The molecule has 0 spiro atoms. The van der Waals surface area contributed by atoms with E-state index < -0.39 is 29.2 Å². The van der Waals surface area contributed by atoms with Crippen molar-refractivity contribution in [3.05, 3.63) is 68.4 Å². The van der Waals surface area contributed by atoms with Crippen LogP contribution in [0.4, 0.5) is 4.39 Å². The van der Waals surface area contributed by atoms with E-state index in [0.29, 0.717) is 39.7 Å². The van der Waals surface area contributed by atoms with E-state index in [0.717, 1.165) is 15.9 Å². The molecule has 1 N–H and O–H groups in total. The summed E-state index contributed by atoms with van der Waals surface area (Å²) in [5.74, 6) is -0.508. The zero-order chi connectivity index (χ0) is 29.4. The normalized spacial score (nSPS) is 16.3. The Labute approximate surface area is 238 Å². The molecular weight excluding hydrogens is 555 g/mol. The number of rotatable bonds is 10. The highest BCUT2D eigenvalue weighted by Gasteiger charge is 2.38. The topological polar surface area (TPSA) is 134 Å². The van der Waals surface area contributed by atoms with Crippen LogP contribution in [0.5, 0.6) is 5.75 Å². The van der Waals surface area contributed by atoms with Crippen molar-refractivity contribution >= 4 is 27.5 Å². The van der Waals surface area contributed by atoms with E-state index in [1.54, 1.807) is 11.8 Å². The van der Waals surface area contributed by atoms with Gasteiger partial charge in [-0.1, -0.05) is 11.3 Å². The number of carbonyl (C=O) groups is 1. The molecule has 2 atom stereocenters. The van der Waals surface area contributed by atoms with Crippen molar-refractivity contribution in [2.75, 3.05) is 26.9 Å². The number of benzene rings is 1. The van der Waals surface area contributed by atoms with Gasteiger partial charge in [-0.2, -0.15) is 10.2 Å². The Morgan fingerprint density at radius 2 is 1.93 bits per heavy atom. The number of methoxy groups -OCH3 is 1. The SMILES string of the molecule is COc1ccc(F)cc1[C@H](Cn1c(=O)n([C@@H]2CCN(C(C)C)C2=O)c(=O)c2c(C)c(-n3nccn3)sc21)OCCO. The van der Waals surface area contributed by atoms with E-state index in [1.165, 1.54) is 47.1 Å². The van der Waals surface area contributed by atoms with Gasteiger partial charge in [0.15, 0.2) is 0 Å². The highest BCUT2D eigenvalue weighted by Crippen LogP contribution is 2.34.